The fourth-order valence-corrected chi connectivity index (χ4v) is 4.46. The van der Waals surface area contributed by atoms with Crippen LogP contribution in [-0.4, -0.2) is 41.3 Å². The first-order valence-electron chi connectivity index (χ1n) is 11.7. The van der Waals surface area contributed by atoms with E-state index in [9.17, 15) is 9.90 Å². The molecule has 0 saturated carbocycles. The molecule has 0 saturated heterocycles. The van der Waals surface area contributed by atoms with Gasteiger partial charge in [0.2, 0.25) is 5.82 Å². The standard InChI is InChI=1S/C27H26N6O2/c1-3-4-7-20-15-23-17(2)14-24(27(34)35)28-26(23)33(20)16-18-10-12-19(13-11-18)21-8-5-6-9-22(21)25-29-31-32-30-25/h5-6,8-15H,3-4,7,16H2,1-2H3,(H,34,35)(H,29,30,31,32). The first-order chi connectivity index (χ1) is 17.0. The van der Waals surface area contributed by atoms with Crippen molar-refractivity contribution in [1.29, 1.82) is 0 Å². The van der Waals surface area contributed by atoms with Crippen LogP contribution in [0.3, 0.4) is 0 Å². The van der Waals surface area contributed by atoms with Crippen molar-refractivity contribution in [3.05, 3.63) is 83.2 Å². The van der Waals surface area contributed by atoms with Crippen molar-refractivity contribution in [3.63, 3.8) is 0 Å². The third kappa shape index (κ3) is 4.42. The summed E-state index contributed by atoms with van der Waals surface area (Å²) in [5, 5.41) is 25.0. The molecule has 3 heterocycles. The maximum Gasteiger partial charge on any atom is 0.354 e. The lowest BCUT2D eigenvalue weighted by molar-refractivity contribution is 0.0690. The number of pyridine rings is 1. The van der Waals surface area contributed by atoms with Gasteiger partial charge in [-0.15, -0.1) is 10.2 Å². The predicted octanol–water partition coefficient (Wildman–Crippen LogP) is 5.28. The Kier molecular flexibility index (Phi) is 6.10. The molecule has 0 atom stereocenters. The number of nitrogens with one attached hydrogen (secondary N) is 1. The summed E-state index contributed by atoms with van der Waals surface area (Å²) in [6.45, 7) is 4.73. The maximum atomic E-state index is 11.6. The number of rotatable bonds is 8. The molecule has 0 amide bonds. The van der Waals surface area contributed by atoms with Crippen LogP contribution in [0.1, 0.15) is 47.1 Å². The van der Waals surface area contributed by atoms with E-state index in [4.69, 9.17) is 0 Å². The van der Waals surface area contributed by atoms with Crippen LogP contribution in [0.15, 0.2) is 60.7 Å². The summed E-state index contributed by atoms with van der Waals surface area (Å²) in [6.07, 6.45) is 3.07. The number of aromatic nitrogens is 6. The van der Waals surface area contributed by atoms with E-state index >= 15 is 0 Å². The number of hydrogen-bond donors (Lipinski definition) is 2. The van der Waals surface area contributed by atoms with Gasteiger partial charge in [-0.25, -0.2) is 9.78 Å². The van der Waals surface area contributed by atoms with Gasteiger partial charge in [0.15, 0.2) is 5.69 Å². The van der Waals surface area contributed by atoms with E-state index in [1.54, 1.807) is 6.07 Å². The number of fused-ring (bicyclic) bond motifs is 1. The Morgan fingerprint density at radius 1 is 1.06 bits per heavy atom. The molecule has 8 heteroatoms. The number of nitrogens with zero attached hydrogens (tertiary/aromatic N) is 5. The quantitative estimate of drug-likeness (QED) is 0.322. The number of carbonyl (C=O) groups is 1. The van der Waals surface area contributed by atoms with E-state index in [0.717, 1.165) is 58.1 Å². The summed E-state index contributed by atoms with van der Waals surface area (Å²) in [6, 6.07) is 20.2. The number of H-pyrrole nitrogens is 1. The largest absolute Gasteiger partial charge is 0.477 e. The average Bonchev–Trinajstić information content (AvgIpc) is 3.52. The van der Waals surface area contributed by atoms with Crippen molar-refractivity contribution >= 4 is 17.0 Å². The fraction of sp³-hybridized carbons (Fsp3) is 0.222. The lowest BCUT2D eigenvalue weighted by atomic mass is 9.98. The molecule has 0 aliphatic heterocycles. The molecular weight excluding hydrogens is 440 g/mol. The molecule has 0 unspecified atom stereocenters. The Morgan fingerprint density at radius 3 is 2.51 bits per heavy atom. The smallest absolute Gasteiger partial charge is 0.354 e. The second kappa shape index (κ2) is 9.50. The number of aromatic carboxylic acids is 1. The zero-order chi connectivity index (χ0) is 24.4. The van der Waals surface area contributed by atoms with Crippen molar-refractivity contribution in [1.82, 2.24) is 30.2 Å². The van der Waals surface area contributed by atoms with Crippen LogP contribution in [0.25, 0.3) is 33.5 Å². The molecule has 35 heavy (non-hydrogen) atoms. The highest BCUT2D eigenvalue weighted by molar-refractivity contribution is 5.91. The molecule has 0 aliphatic rings. The lowest BCUT2D eigenvalue weighted by Crippen LogP contribution is -2.08. The molecular formula is C27H26N6O2. The highest BCUT2D eigenvalue weighted by Gasteiger charge is 2.16. The van der Waals surface area contributed by atoms with Crippen molar-refractivity contribution in [2.75, 3.05) is 0 Å². The number of unbranched alkanes of at least 4 members (excludes halogenated alkanes) is 1. The fourth-order valence-electron chi connectivity index (χ4n) is 4.46. The molecule has 176 valence electrons. The summed E-state index contributed by atoms with van der Waals surface area (Å²) < 4.78 is 2.16. The SMILES string of the molecule is CCCCc1cc2c(C)cc(C(=O)O)nc2n1Cc1ccc(-c2ccccc2-c2nn[nH]n2)cc1. The van der Waals surface area contributed by atoms with Crippen molar-refractivity contribution < 1.29 is 9.90 Å². The summed E-state index contributed by atoms with van der Waals surface area (Å²) in [5.41, 5.74) is 7.00. The van der Waals surface area contributed by atoms with Crippen LogP contribution in [0, 0.1) is 6.92 Å². The third-order valence-electron chi connectivity index (χ3n) is 6.28. The highest BCUT2D eigenvalue weighted by atomic mass is 16.4. The Morgan fingerprint density at radius 2 is 1.83 bits per heavy atom. The summed E-state index contributed by atoms with van der Waals surface area (Å²) in [5.74, 6) is -0.456. The van der Waals surface area contributed by atoms with Crippen LogP contribution in [0.5, 0.6) is 0 Å². The Balaban J connectivity index is 1.52. The Bertz CT molecular complexity index is 1490. The van der Waals surface area contributed by atoms with Gasteiger partial charge in [0, 0.05) is 23.2 Å². The van der Waals surface area contributed by atoms with Crippen LogP contribution >= 0.6 is 0 Å². The zero-order valence-electron chi connectivity index (χ0n) is 19.7. The van der Waals surface area contributed by atoms with E-state index in [1.807, 2.05) is 31.2 Å². The highest BCUT2D eigenvalue weighted by Crippen LogP contribution is 2.30. The first-order valence-corrected chi connectivity index (χ1v) is 11.7. The summed E-state index contributed by atoms with van der Waals surface area (Å²) in [4.78, 5) is 16.1. The van der Waals surface area contributed by atoms with E-state index in [-0.39, 0.29) is 5.69 Å². The Labute approximate surface area is 202 Å². The minimum absolute atomic E-state index is 0.0739. The zero-order valence-corrected chi connectivity index (χ0v) is 19.7. The Hall–Kier alpha value is -4.33. The van der Waals surface area contributed by atoms with Crippen molar-refractivity contribution in [3.8, 4) is 22.5 Å². The lowest BCUT2D eigenvalue weighted by Gasteiger charge is -2.12. The molecule has 0 fully saturated rings. The third-order valence-corrected chi connectivity index (χ3v) is 6.28. The molecule has 0 radical (unpaired) electrons. The average molecular weight is 467 g/mol. The van der Waals surface area contributed by atoms with Gasteiger partial charge in [-0.2, -0.15) is 5.21 Å². The molecule has 5 rings (SSSR count). The molecule has 0 spiro atoms. The minimum atomic E-state index is -1.01. The van der Waals surface area contributed by atoms with Crippen LogP contribution in [-0.2, 0) is 13.0 Å². The van der Waals surface area contributed by atoms with Gasteiger partial charge >= 0.3 is 5.97 Å². The van der Waals surface area contributed by atoms with E-state index in [1.165, 1.54) is 5.69 Å². The molecule has 5 aromatic rings. The minimum Gasteiger partial charge on any atom is -0.477 e. The molecule has 2 N–H and O–H groups in total. The van der Waals surface area contributed by atoms with Crippen LogP contribution < -0.4 is 0 Å². The van der Waals surface area contributed by atoms with Gasteiger partial charge in [0.05, 0.1) is 0 Å². The first kappa shape index (κ1) is 22.5. The van der Waals surface area contributed by atoms with Gasteiger partial charge in [-0.3, -0.25) is 0 Å². The van der Waals surface area contributed by atoms with E-state index in [0.29, 0.717) is 12.4 Å². The number of aromatic amines is 1. The maximum absolute atomic E-state index is 11.6. The normalized spacial score (nSPS) is 11.3. The number of aryl methyl sites for hydroxylation is 2. The van der Waals surface area contributed by atoms with Gasteiger partial charge in [-0.1, -0.05) is 61.9 Å². The second-order valence-electron chi connectivity index (χ2n) is 8.67. The van der Waals surface area contributed by atoms with Gasteiger partial charge in [0.25, 0.3) is 0 Å². The van der Waals surface area contributed by atoms with Crippen LogP contribution in [0.2, 0.25) is 0 Å². The molecule has 0 bridgehead atoms. The summed E-state index contributed by atoms with van der Waals surface area (Å²) in [7, 11) is 0. The van der Waals surface area contributed by atoms with Gasteiger partial charge in [-0.05, 0) is 59.4 Å². The second-order valence-corrected chi connectivity index (χ2v) is 8.67. The number of carboxylic acid groups (broad SMARTS) is 1. The number of hydrogen-bond acceptors (Lipinski definition) is 5. The van der Waals surface area contributed by atoms with Crippen LogP contribution in [0.4, 0.5) is 0 Å². The predicted molar refractivity (Wildman–Crippen MR) is 134 cm³/mol. The van der Waals surface area contributed by atoms with Crippen molar-refractivity contribution in [2.24, 2.45) is 0 Å². The molecule has 3 aromatic heterocycles. The number of carboxylic acids is 1. The molecule has 8 nitrogen and oxygen atoms in total. The summed E-state index contributed by atoms with van der Waals surface area (Å²) >= 11 is 0. The van der Waals surface area contributed by atoms with Gasteiger partial charge in [0.1, 0.15) is 5.65 Å². The molecule has 2 aromatic carbocycles. The number of tetrazole rings is 1. The van der Waals surface area contributed by atoms with Crippen molar-refractivity contribution in [2.45, 2.75) is 39.7 Å². The topological polar surface area (TPSA) is 110 Å². The number of benzene rings is 2. The van der Waals surface area contributed by atoms with E-state index < -0.39 is 5.97 Å². The molecule has 0 aliphatic carbocycles. The van der Waals surface area contributed by atoms with E-state index in [2.05, 4.69) is 67.4 Å². The monoisotopic (exact) mass is 466 g/mol. The van der Waals surface area contributed by atoms with Gasteiger partial charge < -0.3 is 9.67 Å².